The molecule has 0 saturated carbocycles. The van der Waals surface area contributed by atoms with E-state index < -0.39 is 0 Å². The topological polar surface area (TPSA) is 42.4 Å². The van der Waals surface area contributed by atoms with E-state index in [1.165, 1.54) is 23.5 Å². The lowest BCUT2D eigenvalue weighted by Crippen LogP contribution is -2.30. The van der Waals surface area contributed by atoms with Crippen molar-refractivity contribution in [2.75, 3.05) is 13.7 Å². The summed E-state index contributed by atoms with van der Waals surface area (Å²) < 4.78 is 18.3. The lowest BCUT2D eigenvalue weighted by Gasteiger charge is -2.21. The number of hydrogen-bond acceptors (Lipinski definition) is 4. The van der Waals surface area contributed by atoms with Crippen molar-refractivity contribution in [2.24, 2.45) is 0 Å². The highest BCUT2D eigenvalue weighted by molar-refractivity contribution is 7.13. The second-order valence-electron chi connectivity index (χ2n) is 6.65. The second-order valence-corrected chi connectivity index (χ2v) is 7.73. The number of carbonyl (C=O) groups excluding carboxylic acids is 1. The van der Waals surface area contributed by atoms with E-state index in [1.807, 2.05) is 31.2 Å². The molecule has 0 spiro atoms. The predicted octanol–water partition coefficient (Wildman–Crippen LogP) is 5.02. The number of nitrogens with zero attached hydrogens (tertiary/aromatic N) is 2. The molecule has 0 fully saturated rings. The van der Waals surface area contributed by atoms with Crippen LogP contribution in [0.25, 0.3) is 0 Å². The van der Waals surface area contributed by atoms with Crippen LogP contribution in [0.4, 0.5) is 4.39 Å². The monoisotopic (exact) mass is 410 g/mol. The number of ether oxygens (including phenoxy) is 1. The van der Waals surface area contributed by atoms with E-state index in [4.69, 9.17) is 4.74 Å². The van der Waals surface area contributed by atoms with Gasteiger partial charge in [-0.3, -0.25) is 4.79 Å². The number of aryl methyl sites for hydroxylation is 1. The van der Waals surface area contributed by atoms with Crippen molar-refractivity contribution >= 4 is 17.2 Å². The summed E-state index contributed by atoms with van der Waals surface area (Å²) in [6.07, 6.45) is 2.29. The maximum absolute atomic E-state index is 13.2. The predicted molar refractivity (Wildman–Crippen MR) is 114 cm³/mol. The molecule has 0 aliphatic heterocycles. The van der Waals surface area contributed by atoms with Crippen LogP contribution < -0.4 is 4.74 Å². The summed E-state index contributed by atoms with van der Waals surface area (Å²) in [5.74, 6) is 0.443. The van der Waals surface area contributed by atoms with Crippen LogP contribution in [0.3, 0.4) is 0 Å². The second kappa shape index (κ2) is 9.47. The van der Waals surface area contributed by atoms with Crippen molar-refractivity contribution in [2.45, 2.75) is 19.9 Å². The molecule has 3 rings (SSSR count). The summed E-state index contributed by atoms with van der Waals surface area (Å²) in [6.45, 7) is 6.54. The molecule has 150 valence electrons. The van der Waals surface area contributed by atoms with Crippen LogP contribution in [0, 0.1) is 12.7 Å². The van der Waals surface area contributed by atoms with Crippen LogP contribution in [0.5, 0.6) is 5.75 Å². The molecule has 0 atom stereocenters. The molecule has 0 saturated heterocycles. The van der Waals surface area contributed by atoms with Crippen LogP contribution in [0.1, 0.15) is 31.5 Å². The van der Waals surface area contributed by atoms with E-state index in [2.05, 4.69) is 11.6 Å². The maximum atomic E-state index is 13.2. The molecule has 6 heteroatoms. The summed E-state index contributed by atoms with van der Waals surface area (Å²) in [5.41, 5.74) is 2.68. The largest absolute Gasteiger partial charge is 0.497 e. The first-order chi connectivity index (χ1) is 14.0. The molecule has 3 aromatic rings. The normalized spacial score (nSPS) is 10.6. The molecular formula is C23H23FN2O2S. The van der Waals surface area contributed by atoms with Crippen molar-refractivity contribution in [3.63, 3.8) is 0 Å². The standard InChI is InChI=1S/C23H23FN2O2S/c1-4-13-26(15-18-7-11-20(28-3)12-8-18)23(27)22-16(2)25-21(29-22)14-17-5-9-19(24)10-6-17/h4-12H,1,13-15H2,2-3H3. The highest BCUT2D eigenvalue weighted by atomic mass is 32.1. The number of halogens is 1. The number of carbonyl (C=O) groups is 1. The molecule has 0 unspecified atom stereocenters. The Morgan fingerprint density at radius 2 is 1.83 bits per heavy atom. The van der Waals surface area contributed by atoms with Crippen molar-refractivity contribution in [1.29, 1.82) is 0 Å². The van der Waals surface area contributed by atoms with Crippen LogP contribution in [0.2, 0.25) is 0 Å². The molecule has 4 nitrogen and oxygen atoms in total. The van der Waals surface area contributed by atoms with Gasteiger partial charge in [0.15, 0.2) is 0 Å². The summed E-state index contributed by atoms with van der Waals surface area (Å²) >= 11 is 1.39. The van der Waals surface area contributed by atoms with Crippen LogP contribution in [-0.4, -0.2) is 29.4 Å². The molecule has 0 bridgehead atoms. The molecule has 1 aromatic heterocycles. The number of thiazole rings is 1. The van der Waals surface area contributed by atoms with E-state index >= 15 is 0 Å². The zero-order chi connectivity index (χ0) is 20.8. The summed E-state index contributed by atoms with van der Waals surface area (Å²) in [5, 5.41) is 0.834. The number of rotatable bonds is 8. The zero-order valence-corrected chi connectivity index (χ0v) is 17.3. The lowest BCUT2D eigenvalue weighted by molar-refractivity contribution is 0.0766. The van der Waals surface area contributed by atoms with Crippen LogP contribution in [0.15, 0.2) is 61.2 Å². The van der Waals surface area contributed by atoms with Gasteiger partial charge in [0.05, 0.1) is 17.8 Å². The van der Waals surface area contributed by atoms with Gasteiger partial charge in [0.2, 0.25) is 0 Å². The SMILES string of the molecule is C=CCN(Cc1ccc(OC)cc1)C(=O)c1sc(Cc2ccc(F)cc2)nc1C. The fourth-order valence-electron chi connectivity index (χ4n) is 2.97. The first-order valence-electron chi connectivity index (χ1n) is 9.24. The number of amides is 1. The zero-order valence-electron chi connectivity index (χ0n) is 16.5. The van der Waals surface area contributed by atoms with E-state index in [9.17, 15) is 9.18 Å². The van der Waals surface area contributed by atoms with Crippen molar-refractivity contribution in [3.8, 4) is 5.75 Å². The van der Waals surface area contributed by atoms with Crippen molar-refractivity contribution in [1.82, 2.24) is 9.88 Å². The number of methoxy groups -OCH3 is 1. The van der Waals surface area contributed by atoms with Gasteiger partial charge < -0.3 is 9.64 Å². The number of hydrogen-bond donors (Lipinski definition) is 0. The Hall–Kier alpha value is -2.99. The molecule has 0 N–H and O–H groups in total. The van der Waals surface area contributed by atoms with Gasteiger partial charge >= 0.3 is 0 Å². The number of aromatic nitrogens is 1. The van der Waals surface area contributed by atoms with Gasteiger partial charge in [-0.1, -0.05) is 30.3 Å². The van der Waals surface area contributed by atoms with Gasteiger partial charge in [0.1, 0.15) is 16.4 Å². The molecule has 0 radical (unpaired) electrons. The van der Waals surface area contributed by atoms with Gasteiger partial charge in [-0.15, -0.1) is 17.9 Å². The van der Waals surface area contributed by atoms with E-state index in [0.717, 1.165) is 21.9 Å². The minimum atomic E-state index is -0.265. The third-order valence-corrected chi connectivity index (χ3v) is 5.62. The molecule has 0 aliphatic rings. The van der Waals surface area contributed by atoms with E-state index in [0.29, 0.717) is 30.1 Å². The van der Waals surface area contributed by atoms with E-state index in [-0.39, 0.29) is 11.7 Å². The Morgan fingerprint density at radius 1 is 1.17 bits per heavy atom. The van der Waals surface area contributed by atoms with Gasteiger partial charge in [0, 0.05) is 19.5 Å². The summed E-state index contributed by atoms with van der Waals surface area (Å²) in [4.78, 5) is 20.1. The van der Waals surface area contributed by atoms with Gasteiger partial charge in [0.25, 0.3) is 5.91 Å². The summed E-state index contributed by atoms with van der Waals surface area (Å²) in [6, 6.07) is 14.0. The maximum Gasteiger partial charge on any atom is 0.266 e. The average molecular weight is 411 g/mol. The molecule has 0 aliphatic carbocycles. The summed E-state index contributed by atoms with van der Waals surface area (Å²) in [7, 11) is 1.62. The fourth-order valence-corrected chi connectivity index (χ4v) is 4.04. The Balaban J connectivity index is 1.77. The smallest absolute Gasteiger partial charge is 0.266 e. The third kappa shape index (κ3) is 5.29. The molecule has 2 aromatic carbocycles. The van der Waals surface area contributed by atoms with Crippen LogP contribution in [-0.2, 0) is 13.0 Å². The van der Waals surface area contributed by atoms with Crippen molar-refractivity contribution in [3.05, 3.63) is 93.7 Å². The first-order valence-corrected chi connectivity index (χ1v) is 10.1. The highest BCUT2D eigenvalue weighted by Crippen LogP contribution is 2.24. The average Bonchev–Trinajstić information content (AvgIpc) is 3.09. The molecule has 1 heterocycles. The Kier molecular flexibility index (Phi) is 6.77. The molecular weight excluding hydrogens is 387 g/mol. The molecule has 29 heavy (non-hydrogen) atoms. The number of benzene rings is 2. The van der Waals surface area contributed by atoms with Gasteiger partial charge in [-0.2, -0.15) is 0 Å². The van der Waals surface area contributed by atoms with E-state index in [1.54, 1.807) is 30.2 Å². The van der Waals surface area contributed by atoms with Gasteiger partial charge in [-0.25, -0.2) is 9.37 Å². The molecule has 1 amide bonds. The minimum absolute atomic E-state index is 0.0684. The Labute approximate surface area is 174 Å². The lowest BCUT2D eigenvalue weighted by atomic mass is 10.1. The Morgan fingerprint density at radius 3 is 2.45 bits per heavy atom. The van der Waals surface area contributed by atoms with Gasteiger partial charge in [-0.05, 0) is 42.3 Å². The first kappa shape index (κ1) is 20.7. The highest BCUT2D eigenvalue weighted by Gasteiger charge is 2.21. The Bertz CT molecular complexity index is 981. The van der Waals surface area contributed by atoms with Crippen LogP contribution >= 0.6 is 11.3 Å². The third-order valence-electron chi connectivity index (χ3n) is 4.47. The van der Waals surface area contributed by atoms with Crippen molar-refractivity contribution < 1.29 is 13.9 Å². The quantitative estimate of drug-likeness (QED) is 0.490. The fraction of sp³-hybridized carbons (Fsp3) is 0.217. The minimum Gasteiger partial charge on any atom is -0.497 e.